The molecule has 1 aromatic heterocycles. The molecule has 3 N–H and O–H groups in total. The van der Waals surface area contributed by atoms with E-state index in [0.717, 1.165) is 21.8 Å². The number of hydrogen-bond acceptors (Lipinski definition) is 8. The van der Waals surface area contributed by atoms with E-state index in [1.54, 1.807) is 43.5 Å². The van der Waals surface area contributed by atoms with Crippen LogP contribution in [0.4, 0.5) is 9.93 Å². The Bertz CT molecular complexity index is 1310. The van der Waals surface area contributed by atoms with Crippen LogP contribution in [0.2, 0.25) is 0 Å². The topological polar surface area (TPSA) is 138 Å². The van der Waals surface area contributed by atoms with Crippen LogP contribution in [0.5, 0.6) is 5.75 Å². The fourth-order valence-corrected chi connectivity index (χ4v) is 4.95. The number of anilines is 1. The molecule has 198 valence electrons. The average Bonchev–Trinajstić information content (AvgIpc) is 3.52. The number of Topliss-reactive ketones (excluding diaryl/α,β-unsaturated/α-hetero) is 1. The number of aliphatic hydroxyl groups is 1. The van der Waals surface area contributed by atoms with E-state index in [1.807, 2.05) is 30.3 Å². The molecule has 38 heavy (non-hydrogen) atoms. The Kier molecular flexibility index (Phi) is 8.49. The van der Waals surface area contributed by atoms with E-state index in [0.29, 0.717) is 11.3 Å². The molecule has 10 nitrogen and oxygen atoms in total. The number of ketones is 1. The fourth-order valence-electron chi connectivity index (χ4n) is 4.23. The highest BCUT2D eigenvalue weighted by atomic mass is 32.1. The molecule has 3 atom stereocenters. The summed E-state index contributed by atoms with van der Waals surface area (Å²) in [6.07, 6.45) is 0.281. The molecule has 1 aliphatic rings. The number of carbonyl (C=O) groups is 4. The monoisotopic (exact) mass is 536 g/mol. The van der Waals surface area contributed by atoms with Gasteiger partial charge in [0, 0.05) is 17.7 Å². The Hall–Kier alpha value is -4.09. The van der Waals surface area contributed by atoms with Gasteiger partial charge < -0.3 is 20.5 Å². The van der Waals surface area contributed by atoms with Gasteiger partial charge in [0.05, 0.1) is 6.61 Å². The standard InChI is InChI=1S/C27H28N4O6S/c1-3-21(33)20-15-38-26(28-20)30-24(34)23(16(2)17-7-5-4-6-8-17)31-25(35)22(29-27(31)36)18-9-11-19(12-10-18)37-14-13-32/h4-12,15-16,22-23,32H,3,13-14H2,1-2H3,(H,29,36)(H,28,30,34). The van der Waals surface area contributed by atoms with Crippen LogP contribution in [0.1, 0.15) is 53.8 Å². The summed E-state index contributed by atoms with van der Waals surface area (Å²) in [5.74, 6) is -1.35. The van der Waals surface area contributed by atoms with E-state index in [-0.39, 0.29) is 36.2 Å². The summed E-state index contributed by atoms with van der Waals surface area (Å²) in [6, 6.07) is 12.8. The van der Waals surface area contributed by atoms with Crippen molar-refractivity contribution in [3.8, 4) is 5.75 Å². The number of aromatic nitrogens is 1. The third kappa shape index (κ3) is 5.74. The van der Waals surface area contributed by atoms with Gasteiger partial charge in [-0.15, -0.1) is 11.3 Å². The van der Waals surface area contributed by atoms with Crippen molar-refractivity contribution >= 4 is 40.1 Å². The normalized spacial score (nSPS) is 16.6. The summed E-state index contributed by atoms with van der Waals surface area (Å²) in [7, 11) is 0. The van der Waals surface area contributed by atoms with Gasteiger partial charge in [-0.25, -0.2) is 14.7 Å². The van der Waals surface area contributed by atoms with Crippen LogP contribution in [-0.4, -0.2) is 57.9 Å². The zero-order chi connectivity index (χ0) is 27.2. The number of nitrogens with zero attached hydrogens (tertiary/aromatic N) is 2. The Morgan fingerprint density at radius 1 is 1.16 bits per heavy atom. The van der Waals surface area contributed by atoms with Crippen LogP contribution >= 0.6 is 11.3 Å². The van der Waals surface area contributed by atoms with Crippen LogP contribution in [-0.2, 0) is 9.59 Å². The maximum absolute atomic E-state index is 13.6. The van der Waals surface area contributed by atoms with Gasteiger partial charge in [0.2, 0.25) is 5.91 Å². The predicted octanol–water partition coefficient (Wildman–Crippen LogP) is 3.51. The highest BCUT2D eigenvalue weighted by Gasteiger charge is 2.47. The molecule has 4 amide bonds. The number of aliphatic hydroxyl groups excluding tert-OH is 1. The molecule has 0 aliphatic carbocycles. The van der Waals surface area contributed by atoms with Crippen molar-refractivity contribution in [1.82, 2.24) is 15.2 Å². The molecule has 0 saturated carbocycles. The van der Waals surface area contributed by atoms with Crippen LogP contribution in [0, 0.1) is 0 Å². The molecule has 1 fully saturated rings. The average molecular weight is 537 g/mol. The van der Waals surface area contributed by atoms with Crippen molar-refractivity contribution < 1.29 is 29.0 Å². The summed E-state index contributed by atoms with van der Waals surface area (Å²) in [5.41, 5.74) is 1.54. The molecule has 3 unspecified atom stereocenters. The minimum absolute atomic E-state index is 0.131. The fraction of sp³-hybridized carbons (Fsp3) is 0.296. The Morgan fingerprint density at radius 3 is 2.53 bits per heavy atom. The Labute approximate surface area is 223 Å². The van der Waals surface area contributed by atoms with E-state index >= 15 is 0 Å². The number of urea groups is 1. The first-order valence-corrected chi connectivity index (χ1v) is 13.0. The highest BCUT2D eigenvalue weighted by Crippen LogP contribution is 2.32. The number of benzene rings is 2. The number of ether oxygens (including phenoxy) is 1. The van der Waals surface area contributed by atoms with Crippen LogP contribution in [0.15, 0.2) is 60.0 Å². The number of nitrogens with one attached hydrogen (secondary N) is 2. The smallest absolute Gasteiger partial charge is 0.325 e. The molecule has 0 spiro atoms. The van der Waals surface area contributed by atoms with Gasteiger partial charge in [-0.3, -0.25) is 14.4 Å². The van der Waals surface area contributed by atoms with Crippen LogP contribution in [0.25, 0.3) is 0 Å². The lowest BCUT2D eigenvalue weighted by molar-refractivity contribution is -0.134. The van der Waals surface area contributed by atoms with Crippen molar-refractivity contribution in [2.75, 3.05) is 18.5 Å². The molecule has 1 saturated heterocycles. The van der Waals surface area contributed by atoms with Gasteiger partial charge in [-0.2, -0.15) is 0 Å². The number of hydrogen-bond donors (Lipinski definition) is 3. The van der Waals surface area contributed by atoms with E-state index in [1.165, 1.54) is 0 Å². The summed E-state index contributed by atoms with van der Waals surface area (Å²) in [5, 5.41) is 16.1. The first kappa shape index (κ1) is 27.0. The first-order chi connectivity index (χ1) is 18.3. The zero-order valence-corrected chi connectivity index (χ0v) is 21.7. The Balaban J connectivity index is 1.62. The maximum Gasteiger partial charge on any atom is 0.325 e. The highest BCUT2D eigenvalue weighted by molar-refractivity contribution is 7.14. The third-order valence-corrected chi connectivity index (χ3v) is 6.99. The molecule has 0 radical (unpaired) electrons. The minimum atomic E-state index is -1.18. The second kappa shape index (κ2) is 12.0. The SMILES string of the molecule is CCC(=O)c1csc(NC(=O)C(C(C)c2ccccc2)N2C(=O)NC(c3ccc(OCCO)cc3)C2=O)n1. The zero-order valence-electron chi connectivity index (χ0n) is 20.9. The second-order valence-electron chi connectivity index (χ2n) is 8.68. The molecular formula is C27H28N4O6S. The molecule has 2 heterocycles. The number of thiazole rings is 1. The quantitative estimate of drug-likeness (QED) is 0.252. The lowest BCUT2D eigenvalue weighted by Crippen LogP contribution is -2.50. The largest absolute Gasteiger partial charge is 0.491 e. The third-order valence-electron chi connectivity index (χ3n) is 6.23. The number of amides is 4. The van der Waals surface area contributed by atoms with Crippen LogP contribution < -0.4 is 15.4 Å². The van der Waals surface area contributed by atoms with E-state index in [4.69, 9.17) is 9.84 Å². The van der Waals surface area contributed by atoms with Crippen molar-refractivity contribution in [3.05, 3.63) is 76.8 Å². The van der Waals surface area contributed by atoms with E-state index < -0.39 is 35.8 Å². The molecule has 3 aromatic rings. The summed E-state index contributed by atoms with van der Waals surface area (Å²) in [6.45, 7) is 3.50. The summed E-state index contributed by atoms with van der Waals surface area (Å²) < 4.78 is 5.36. The van der Waals surface area contributed by atoms with Gasteiger partial charge in [0.1, 0.15) is 30.1 Å². The number of carbonyl (C=O) groups excluding carboxylic acids is 4. The minimum Gasteiger partial charge on any atom is -0.491 e. The van der Waals surface area contributed by atoms with E-state index in [2.05, 4.69) is 15.6 Å². The predicted molar refractivity (Wildman–Crippen MR) is 141 cm³/mol. The first-order valence-electron chi connectivity index (χ1n) is 12.2. The summed E-state index contributed by atoms with van der Waals surface area (Å²) in [4.78, 5) is 57.5. The Morgan fingerprint density at radius 2 is 1.87 bits per heavy atom. The molecule has 1 aliphatic heterocycles. The van der Waals surface area contributed by atoms with Crippen molar-refractivity contribution in [2.45, 2.75) is 38.3 Å². The second-order valence-corrected chi connectivity index (χ2v) is 9.54. The van der Waals surface area contributed by atoms with Gasteiger partial charge in [-0.1, -0.05) is 56.3 Å². The molecule has 11 heteroatoms. The molecule has 2 aromatic carbocycles. The van der Waals surface area contributed by atoms with E-state index in [9.17, 15) is 19.2 Å². The summed E-state index contributed by atoms with van der Waals surface area (Å²) >= 11 is 1.10. The van der Waals surface area contributed by atoms with Crippen molar-refractivity contribution in [1.29, 1.82) is 0 Å². The lowest BCUT2D eigenvalue weighted by Gasteiger charge is -2.29. The van der Waals surface area contributed by atoms with Crippen molar-refractivity contribution in [3.63, 3.8) is 0 Å². The van der Waals surface area contributed by atoms with Crippen LogP contribution in [0.3, 0.4) is 0 Å². The van der Waals surface area contributed by atoms with Crippen molar-refractivity contribution in [2.24, 2.45) is 0 Å². The molecule has 4 rings (SSSR count). The van der Waals surface area contributed by atoms with Gasteiger partial charge in [-0.05, 0) is 23.3 Å². The van der Waals surface area contributed by atoms with Gasteiger partial charge in [0.15, 0.2) is 10.9 Å². The number of rotatable bonds is 11. The van der Waals surface area contributed by atoms with Gasteiger partial charge >= 0.3 is 6.03 Å². The maximum atomic E-state index is 13.6. The lowest BCUT2D eigenvalue weighted by atomic mass is 9.91. The number of imide groups is 1. The van der Waals surface area contributed by atoms with Gasteiger partial charge in [0.25, 0.3) is 5.91 Å². The molecule has 0 bridgehead atoms. The molecular weight excluding hydrogens is 508 g/mol.